The molecule has 0 aliphatic rings. The minimum Gasteiger partial charge on any atom is -0.486 e. The zero-order chi connectivity index (χ0) is 24.1. The standard InChI is InChI=1S/C27H22FNO5/c28-24-8-4-3-6-20(24)13-14-34-27-23(22-11-10-19-5-1-2-7-21(19)17-22)15-18(9-12-26(30)31)16-25(27)29(32)33/h1-8,10-11,15-17H,9,12-14H2,(H,30,31). The van der Waals surface area contributed by atoms with Crippen LogP contribution in [-0.4, -0.2) is 22.6 Å². The van der Waals surface area contributed by atoms with Gasteiger partial charge in [0.15, 0.2) is 0 Å². The number of ether oxygens (including phenoxy) is 1. The zero-order valence-corrected chi connectivity index (χ0v) is 18.2. The van der Waals surface area contributed by atoms with E-state index in [1.807, 2.05) is 42.5 Å². The van der Waals surface area contributed by atoms with Crippen LogP contribution in [0.4, 0.5) is 10.1 Å². The Labute approximate surface area is 195 Å². The lowest BCUT2D eigenvalue weighted by molar-refractivity contribution is -0.385. The Bertz CT molecular complexity index is 1370. The van der Waals surface area contributed by atoms with Gasteiger partial charge in [0.2, 0.25) is 5.75 Å². The molecule has 1 N–H and O–H groups in total. The van der Waals surface area contributed by atoms with Crippen LogP contribution < -0.4 is 4.74 Å². The second kappa shape index (κ2) is 10.1. The highest BCUT2D eigenvalue weighted by atomic mass is 19.1. The van der Waals surface area contributed by atoms with Crippen LogP contribution in [0, 0.1) is 15.9 Å². The van der Waals surface area contributed by atoms with Crippen LogP contribution in [0.15, 0.2) is 78.9 Å². The monoisotopic (exact) mass is 459 g/mol. The van der Waals surface area contributed by atoms with Gasteiger partial charge in [0, 0.05) is 24.5 Å². The van der Waals surface area contributed by atoms with Gasteiger partial charge < -0.3 is 9.84 Å². The quantitative estimate of drug-likeness (QED) is 0.238. The Morgan fingerprint density at radius 1 is 0.941 bits per heavy atom. The average molecular weight is 459 g/mol. The molecule has 7 heteroatoms. The molecule has 0 unspecified atom stereocenters. The van der Waals surface area contributed by atoms with Gasteiger partial charge in [0.25, 0.3) is 0 Å². The molecule has 0 amide bonds. The summed E-state index contributed by atoms with van der Waals surface area (Å²) in [7, 11) is 0. The Hall–Kier alpha value is -4.26. The van der Waals surface area contributed by atoms with Crippen LogP contribution in [0.1, 0.15) is 17.5 Å². The van der Waals surface area contributed by atoms with E-state index in [9.17, 15) is 19.3 Å². The summed E-state index contributed by atoms with van der Waals surface area (Å²) in [6.45, 7) is 0.0385. The second-order valence-corrected chi connectivity index (χ2v) is 7.89. The number of nitro benzene ring substituents is 1. The van der Waals surface area contributed by atoms with Crippen molar-refractivity contribution in [2.75, 3.05) is 6.61 Å². The summed E-state index contributed by atoms with van der Waals surface area (Å²) >= 11 is 0. The van der Waals surface area contributed by atoms with Gasteiger partial charge in [-0.15, -0.1) is 0 Å². The molecule has 0 aliphatic heterocycles. The van der Waals surface area contributed by atoms with Crippen molar-refractivity contribution in [2.24, 2.45) is 0 Å². The van der Waals surface area contributed by atoms with E-state index in [0.717, 1.165) is 10.8 Å². The number of nitrogens with zero attached hydrogens (tertiary/aromatic N) is 1. The minimum absolute atomic E-state index is 0.0385. The van der Waals surface area contributed by atoms with Gasteiger partial charge in [-0.25, -0.2) is 4.39 Å². The van der Waals surface area contributed by atoms with Gasteiger partial charge in [0.1, 0.15) is 5.82 Å². The zero-order valence-electron chi connectivity index (χ0n) is 18.2. The van der Waals surface area contributed by atoms with E-state index in [4.69, 9.17) is 9.84 Å². The molecule has 4 aromatic rings. The predicted octanol–water partition coefficient (Wildman–Crippen LogP) is 6.19. The number of benzene rings is 4. The lowest BCUT2D eigenvalue weighted by Gasteiger charge is -2.15. The van der Waals surface area contributed by atoms with E-state index in [-0.39, 0.29) is 43.1 Å². The van der Waals surface area contributed by atoms with Crippen molar-refractivity contribution in [3.63, 3.8) is 0 Å². The lowest BCUT2D eigenvalue weighted by atomic mass is 9.96. The fourth-order valence-corrected chi connectivity index (χ4v) is 3.89. The number of carboxylic acids is 1. The second-order valence-electron chi connectivity index (χ2n) is 7.89. The molecule has 0 spiro atoms. The highest BCUT2D eigenvalue weighted by Gasteiger charge is 2.23. The molecule has 4 aromatic carbocycles. The molecule has 0 bridgehead atoms. The molecule has 0 saturated carbocycles. The van der Waals surface area contributed by atoms with Crippen LogP contribution in [0.2, 0.25) is 0 Å². The maximum atomic E-state index is 14.0. The summed E-state index contributed by atoms with van der Waals surface area (Å²) < 4.78 is 19.9. The first-order valence-electron chi connectivity index (χ1n) is 10.8. The van der Waals surface area contributed by atoms with Crippen molar-refractivity contribution in [3.05, 3.63) is 106 Å². The summed E-state index contributed by atoms with van der Waals surface area (Å²) in [5.74, 6) is -1.27. The third-order valence-electron chi connectivity index (χ3n) is 5.59. The molecule has 172 valence electrons. The summed E-state index contributed by atoms with van der Waals surface area (Å²) in [6, 6.07) is 22.8. The first kappa shape index (κ1) is 22.9. The van der Waals surface area contributed by atoms with E-state index >= 15 is 0 Å². The Kier molecular flexibility index (Phi) is 6.82. The SMILES string of the molecule is O=C(O)CCc1cc(-c2ccc3ccccc3c2)c(OCCc2ccccc2F)c([N+](=O)[O-])c1. The molecule has 0 aliphatic carbocycles. The Morgan fingerprint density at radius 2 is 1.68 bits per heavy atom. The number of carboxylic acid groups (broad SMARTS) is 1. The summed E-state index contributed by atoms with van der Waals surface area (Å²) in [4.78, 5) is 22.5. The third-order valence-corrected chi connectivity index (χ3v) is 5.59. The fourth-order valence-electron chi connectivity index (χ4n) is 3.89. The van der Waals surface area contributed by atoms with E-state index in [1.165, 1.54) is 12.1 Å². The first-order chi connectivity index (χ1) is 16.4. The summed E-state index contributed by atoms with van der Waals surface area (Å²) in [5.41, 5.74) is 1.93. The first-order valence-corrected chi connectivity index (χ1v) is 10.8. The van der Waals surface area contributed by atoms with Crippen molar-refractivity contribution in [2.45, 2.75) is 19.3 Å². The predicted molar refractivity (Wildman–Crippen MR) is 128 cm³/mol. The highest BCUT2D eigenvalue weighted by Crippen LogP contribution is 2.40. The molecule has 34 heavy (non-hydrogen) atoms. The molecule has 0 aromatic heterocycles. The highest BCUT2D eigenvalue weighted by molar-refractivity contribution is 5.89. The lowest BCUT2D eigenvalue weighted by Crippen LogP contribution is -2.07. The maximum Gasteiger partial charge on any atom is 0.311 e. The molecule has 0 heterocycles. The number of nitro groups is 1. The van der Waals surface area contributed by atoms with Gasteiger partial charge in [-0.05, 0) is 52.1 Å². The molecule has 0 fully saturated rings. The van der Waals surface area contributed by atoms with Crippen LogP contribution >= 0.6 is 0 Å². The topological polar surface area (TPSA) is 89.7 Å². The van der Waals surface area contributed by atoms with Gasteiger partial charge in [-0.2, -0.15) is 0 Å². The molecular weight excluding hydrogens is 437 g/mol. The molecular formula is C27H22FNO5. The van der Waals surface area contributed by atoms with Crippen LogP contribution in [0.3, 0.4) is 0 Å². The summed E-state index contributed by atoms with van der Waals surface area (Å²) in [6.07, 6.45) is 0.232. The molecule has 6 nitrogen and oxygen atoms in total. The average Bonchev–Trinajstić information content (AvgIpc) is 2.83. The Morgan fingerprint density at radius 3 is 2.41 bits per heavy atom. The number of carbonyl (C=O) groups is 1. The van der Waals surface area contributed by atoms with E-state index < -0.39 is 10.9 Å². The largest absolute Gasteiger partial charge is 0.486 e. The number of aliphatic carboxylic acids is 1. The van der Waals surface area contributed by atoms with Gasteiger partial charge in [-0.1, -0.05) is 54.6 Å². The molecule has 4 rings (SSSR count). The number of hydrogen-bond donors (Lipinski definition) is 1. The number of rotatable bonds is 9. The van der Waals surface area contributed by atoms with E-state index in [1.54, 1.807) is 24.3 Å². The van der Waals surface area contributed by atoms with Crippen LogP contribution in [-0.2, 0) is 17.6 Å². The Balaban J connectivity index is 1.76. The van der Waals surface area contributed by atoms with E-state index in [2.05, 4.69) is 0 Å². The van der Waals surface area contributed by atoms with Crippen molar-refractivity contribution < 1.29 is 24.0 Å². The van der Waals surface area contributed by atoms with Crippen LogP contribution in [0.5, 0.6) is 5.75 Å². The van der Waals surface area contributed by atoms with Crippen molar-refractivity contribution >= 4 is 22.4 Å². The maximum absolute atomic E-state index is 14.0. The minimum atomic E-state index is -0.986. The van der Waals surface area contributed by atoms with Gasteiger partial charge in [0.05, 0.1) is 11.5 Å². The molecule has 0 atom stereocenters. The molecule has 0 radical (unpaired) electrons. The number of halogens is 1. The van der Waals surface area contributed by atoms with Crippen LogP contribution in [0.25, 0.3) is 21.9 Å². The number of aryl methyl sites for hydroxylation is 1. The summed E-state index contributed by atoms with van der Waals surface area (Å²) in [5, 5.41) is 23.0. The third kappa shape index (κ3) is 5.20. The fraction of sp³-hybridized carbons (Fsp3) is 0.148. The van der Waals surface area contributed by atoms with E-state index in [0.29, 0.717) is 22.3 Å². The smallest absolute Gasteiger partial charge is 0.311 e. The van der Waals surface area contributed by atoms with Crippen molar-refractivity contribution in [1.29, 1.82) is 0 Å². The number of fused-ring (bicyclic) bond motifs is 1. The van der Waals surface area contributed by atoms with Crippen molar-refractivity contribution in [3.8, 4) is 16.9 Å². The van der Waals surface area contributed by atoms with Gasteiger partial charge >= 0.3 is 11.7 Å². The van der Waals surface area contributed by atoms with Crippen molar-refractivity contribution in [1.82, 2.24) is 0 Å². The number of hydrogen-bond acceptors (Lipinski definition) is 4. The normalized spacial score (nSPS) is 10.9. The molecule has 0 saturated heterocycles. The van der Waals surface area contributed by atoms with Gasteiger partial charge in [-0.3, -0.25) is 14.9 Å².